The first kappa shape index (κ1) is 22.0. The van der Waals surface area contributed by atoms with Crippen molar-refractivity contribution in [2.75, 3.05) is 17.2 Å². The monoisotopic (exact) mass is 442 g/mol. The van der Waals surface area contributed by atoms with Gasteiger partial charge in [0.15, 0.2) is 6.61 Å². The first-order valence-corrected chi connectivity index (χ1v) is 9.43. The molecule has 2 aromatic carbocycles. The minimum Gasteiger partial charge on any atom is -0.456 e. The van der Waals surface area contributed by atoms with Crippen molar-refractivity contribution < 1.29 is 19.1 Å². The highest BCUT2D eigenvalue weighted by atomic mass is 35.5. The van der Waals surface area contributed by atoms with E-state index in [1.54, 1.807) is 36.4 Å². The van der Waals surface area contributed by atoms with Gasteiger partial charge in [-0.15, -0.1) is 0 Å². The standard InChI is InChI=1S/C19H17Cl3N2O4/c20-12-4-6-13(7-5-12)23-17(25)2-1-3-19(27)28-11-18(26)24-14-8-9-15(21)16(22)10-14/h4-10H,1-3,11H2,(H,23,25)(H,24,26). The van der Waals surface area contributed by atoms with Crippen molar-refractivity contribution in [1.29, 1.82) is 0 Å². The Morgan fingerprint density at radius 3 is 2.11 bits per heavy atom. The lowest BCUT2D eigenvalue weighted by Gasteiger charge is -2.08. The Labute approximate surface area is 177 Å². The van der Waals surface area contributed by atoms with Crippen molar-refractivity contribution >= 4 is 64.0 Å². The average Bonchev–Trinajstić information content (AvgIpc) is 2.65. The number of carbonyl (C=O) groups excluding carboxylic acids is 3. The van der Waals surface area contributed by atoms with Crippen LogP contribution >= 0.6 is 34.8 Å². The highest BCUT2D eigenvalue weighted by molar-refractivity contribution is 6.42. The fraction of sp³-hybridized carbons (Fsp3) is 0.211. The number of anilines is 2. The molecule has 2 N–H and O–H groups in total. The van der Waals surface area contributed by atoms with Crippen molar-refractivity contribution in [3.05, 3.63) is 57.5 Å². The maximum atomic E-state index is 11.8. The van der Waals surface area contributed by atoms with Crippen molar-refractivity contribution in [2.24, 2.45) is 0 Å². The van der Waals surface area contributed by atoms with E-state index in [9.17, 15) is 14.4 Å². The molecule has 0 aromatic heterocycles. The van der Waals surface area contributed by atoms with E-state index in [4.69, 9.17) is 39.5 Å². The largest absolute Gasteiger partial charge is 0.456 e. The molecule has 0 heterocycles. The molecule has 28 heavy (non-hydrogen) atoms. The van der Waals surface area contributed by atoms with Crippen LogP contribution in [-0.4, -0.2) is 24.4 Å². The highest BCUT2D eigenvalue weighted by Crippen LogP contribution is 2.24. The third-order valence-electron chi connectivity index (χ3n) is 3.48. The smallest absolute Gasteiger partial charge is 0.306 e. The quantitative estimate of drug-likeness (QED) is 0.566. The fourth-order valence-corrected chi connectivity index (χ4v) is 2.56. The Morgan fingerprint density at radius 1 is 0.786 bits per heavy atom. The molecule has 0 aliphatic rings. The number of nitrogens with one attached hydrogen (secondary N) is 2. The molecule has 0 saturated carbocycles. The van der Waals surface area contributed by atoms with E-state index >= 15 is 0 Å². The molecule has 2 rings (SSSR count). The van der Waals surface area contributed by atoms with E-state index < -0.39 is 18.5 Å². The summed E-state index contributed by atoms with van der Waals surface area (Å²) in [6.45, 7) is -0.434. The second-order valence-electron chi connectivity index (χ2n) is 5.75. The van der Waals surface area contributed by atoms with E-state index in [1.165, 1.54) is 6.07 Å². The number of halogens is 3. The Balaban J connectivity index is 1.63. The summed E-state index contributed by atoms with van der Waals surface area (Å²) in [4.78, 5) is 35.3. The van der Waals surface area contributed by atoms with Gasteiger partial charge in [-0.3, -0.25) is 14.4 Å². The Kier molecular flexibility index (Phi) is 8.57. The van der Waals surface area contributed by atoms with Gasteiger partial charge in [-0.25, -0.2) is 0 Å². The third kappa shape index (κ3) is 7.76. The maximum absolute atomic E-state index is 11.8. The Morgan fingerprint density at radius 2 is 1.43 bits per heavy atom. The minimum atomic E-state index is -0.566. The molecule has 2 aromatic rings. The SMILES string of the molecule is O=C(CCCC(=O)OCC(=O)Nc1ccc(Cl)c(Cl)c1)Nc1ccc(Cl)cc1. The van der Waals surface area contributed by atoms with Gasteiger partial charge in [-0.05, 0) is 48.9 Å². The van der Waals surface area contributed by atoms with Gasteiger partial charge in [0, 0.05) is 29.2 Å². The third-order valence-corrected chi connectivity index (χ3v) is 4.47. The molecule has 0 aliphatic carbocycles. The number of hydrogen-bond acceptors (Lipinski definition) is 4. The second kappa shape index (κ2) is 10.9. The summed E-state index contributed by atoms with van der Waals surface area (Å²) < 4.78 is 4.89. The molecule has 0 spiro atoms. The second-order valence-corrected chi connectivity index (χ2v) is 7.00. The molecule has 0 atom stereocenters. The summed E-state index contributed by atoms with van der Waals surface area (Å²) in [5, 5.41) is 6.47. The zero-order valence-corrected chi connectivity index (χ0v) is 16.9. The van der Waals surface area contributed by atoms with Crippen LogP contribution in [-0.2, 0) is 19.1 Å². The molecular weight excluding hydrogens is 427 g/mol. The van der Waals surface area contributed by atoms with Crippen LogP contribution in [0.4, 0.5) is 11.4 Å². The van der Waals surface area contributed by atoms with Crippen molar-refractivity contribution in [2.45, 2.75) is 19.3 Å². The number of carbonyl (C=O) groups is 3. The van der Waals surface area contributed by atoms with Crippen LogP contribution < -0.4 is 10.6 Å². The summed E-state index contributed by atoms with van der Waals surface area (Å²) in [6.07, 6.45) is 0.466. The summed E-state index contributed by atoms with van der Waals surface area (Å²) in [5.74, 6) is -1.30. The molecule has 0 saturated heterocycles. The van der Waals surface area contributed by atoms with Gasteiger partial charge < -0.3 is 15.4 Å². The molecular formula is C19H17Cl3N2O4. The van der Waals surface area contributed by atoms with Gasteiger partial charge >= 0.3 is 5.97 Å². The average molecular weight is 444 g/mol. The van der Waals surface area contributed by atoms with E-state index in [0.717, 1.165) is 0 Å². The summed E-state index contributed by atoms with van der Waals surface area (Å²) in [5.41, 5.74) is 1.06. The number of rotatable bonds is 8. The van der Waals surface area contributed by atoms with Crippen LogP contribution in [0, 0.1) is 0 Å². The minimum absolute atomic E-state index is 0.0219. The fourth-order valence-electron chi connectivity index (χ4n) is 2.14. The zero-order valence-electron chi connectivity index (χ0n) is 14.6. The van der Waals surface area contributed by atoms with E-state index in [2.05, 4.69) is 10.6 Å². The Hall–Kier alpha value is -2.28. The van der Waals surface area contributed by atoms with Gasteiger partial charge in [-0.2, -0.15) is 0 Å². The topological polar surface area (TPSA) is 84.5 Å². The molecule has 0 unspecified atom stereocenters. The van der Waals surface area contributed by atoms with Gasteiger partial charge in [0.1, 0.15) is 0 Å². The molecule has 0 aliphatic heterocycles. The lowest BCUT2D eigenvalue weighted by Crippen LogP contribution is -2.21. The number of hydrogen-bond donors (Lipinski definition) is 2. The van der Waals surface area contributed by atoms with Crippen LogP contribution in [0.25, 0.3) is 0 Å². The van der Waals surface area contributed by atoms with Gasteiger partial charge in [0.2, 0.25) is 5.91 Å². The van der Waals surface area contributed by atoms with E-state index in [1.807, 2.05) is 0 Å². The molecule has 0 bridgehead atoms. The Bertz CT molecular complexity index is 857. The van der Waals surface area contributed by atoms with Crippen LogP contribution in [0.5, 0.6) is 0 Å². The van der Waals surface area contributed by atoms with Gasteiger partial charge in [0.05, 0.1) is 10.0 Å². The normalized spacial score (nSPS) is 10.2. The van der Waals surface area contributed by atoms with Crippen LogP contribution in [0.2, 0.25) is 15.1 Å². The predicted octanol–water partition coefficient (Wildman–Crippen LogP) is 4.94. The number of esters is 1. The first-order chi connectivity index (χ1) is 13.3. The van der Waals surface area contributed by atoms with E-state index in [-0.39, 0.29) is 18.7 Å². The molecule has 2 amide bonds. The summed E-state index contributed by atoms with van der Waals surface area (Å²) in [7, 11) is 0. The lowest BCUT2D eigenvalue weighted by molar-refractivity contribution is -0.147. The predicted molar refractivity (Wildman–Crippen MR) is 110 cm³/mol. The zero-order chi connectivity index (χ0) is 20.5. The summed E-state index contributed by atoms with van der Waals surface area (Å²) in [6, 6.07) is 11.3. The van der Waals surface area contributed by atoms with Crippen molar-refractivity contribution in [1.82, 2.24) is 0 Å². The molecule has 0 fully saturated rings. The van der Waals surface area contributed by atoms with Crippen molar-refractivity contribution in [3.63, 3.8) is 0 Å². The number of ether oxygens (including phenoxy) is 1. The molecule has 9 heteroatoms. The van der Waals surface area contributed by atoms with Crippen LogP contribution in [0.1, 0.15) is 19.3 Å². The van der Waals surface area contributed by atoms with Crippen molar-refractivity contribution in [3.8, 4) is 0 Å². The molecule has 148 valence electrons. The highest BCUT2D eigenvalue weighted by Gasteiger charge is 2.10. The molecule has 6 nitrogen and oxygen atoms in total. The first-order valence-electron chi connectivity index (χ1n) is 8.29. The van der Waals surface area contributed by atoms with Crippen LogP contribution in [0.15, 0.2) is 42.5 Å². The van der Waals surface area contributed by atoms with Gasteiger partial charge in [0.25, 0.3) is 5.91 Å². The number of amides is 2. The summed E-state index contributed by atoms with van der Waals surface area (Å²) >= 11 is 17.4. The molecule has 0 radical (unpaired) electrons. The lowest BCUT2D eigenvalue weighted by atomic mass is 10.2. The van der Waals surface area contributed by atoms with Crippen LogP contribution in [0.3, 0.4) is 0 Å². The number of benzene rings is 2. The maximum Gasteiger partial charge on any atom is 0.306 e. The van der Waals surface area contributed by atoms with E-state index in [0.29, 0.717) is 32.9 Å². The van der Waals surface area contributed by atoms with Gasteiger partial charge in [-0.1, -0.05) is 34.8 Å².